The molecule has 3 nitrogen and oxygen atoms in total. The van der Waals surface area contributed by atoms with Gasteiger partial charge in [0, 0.05) is 24.7 Å². The minimum atomic E-state index is 0.188. The third-order valence-corrected chi connectivity index (χ3v) is 4.05. The molecule has 18 heavy (non-hydrogen) atoms. The number of rotatable bonds is 3. The van der Waals surface area contributed by atoms with Crippen LogP contribution >= 0.6 is 0 Å². The number of hydrogen-bond acceptors (Lipinski definition) is 3. The third-order valence-electron chi connectivity index (χ3n) is 4.05. The highest BCUT2D eigenvalue weighted by atomic mass is 16.5. The molecule has 2 atom stereocenters. The number of ether oxygens (including phenoxy) is 1. The van der Waals surface area contributed by atoms with Gasteiger partial charge in [0.15, 0.2) is 0 Å². The first kappa shape index (κ1) is 13.2. The Morgan fingerprint density at radius 2 is 2.17 bits per heavy atom. The van der Waals surface area contributed by atoms with E-state index in [1.807, 2.05) is 12.1 Å². The number of hydrogen-bond donors (Lipinski definition) is 1. The third kappa shape index (κ3) is 2.46. The van der Waals surface area contributed by atoms with Gasteiger partial charge in [0.1, 0.15) is 5.75 Å². The normalized spacial score (nSPS) is 28.2. The summed E-state index contributed by atoms with van der Waals surface area (Å²) in [5, 5.41) is 3.65. The van der Waals surface area contributed by atoms with E-state index in [1.165, 1.54) is 5.69 Å². The summed E-state index contributed by atoms with van der Waals surface area (Å²) >= 11 is 0. The molecule has 0 radical (unpaired) electrons. The van der Waals surface area contributed by atoms with E-state index in [0.717, 1.165) is 25.3 Å². The van der Waals surface area contributed by atoms with Crippen LogP contribution in [0.25, 0.3) is 0 Å². The van der Waals surface area contributed by atoms with E-state index < -0.39 is 0 Å². The molecular formula is C15H24N2O. The van der Waals surface area contributed by atoms with Gasteiger partial charge in [-0.15, -0.1) is 0 Å². The van der Waals surface area contributed by atoms with Gasteiger partial charge in [-0.25, -0.2) is 0 Å². The summed E-state index contributed by atoms with van der Waals surface area (Å²) in [4.78, 5) is 2.46. The van der Waals surface area contributed by atoms with Crippen LogP contribution in [0.15, 0.2) is 24.3 Å². The molecule has 0 amide bonds. The van der Waals surface area contributed by atoms with Crippen molar-refractivity contribution in [1.82, 2.24) is 5.32 Å². The lowest BCUT2D eigenvalue weighted by molar-refractivity contribution is 0.283. The van der Waals surface area contributed by atoms with Crippen molar-refractivity contribution in [2.45, 2.75) is 38.8 Å². The van der Waals surface area contributed by atoms with Crippen molar-refractivity contribution in [2.24, 2.45) is 0 Å². The molecule has 0 saturated carbocycles. The van der Waals surface area contributed by atoms with E-state index in [2.05, 4.69) is 43.1 Å². The van der Waals surface area contributed by atoms with Crippen molar-refractivity contribution in [3.05, 3.63) is 24.3 Å². The zero-order chi connectivity index (χ0) is 13.2. The lowest BCUT2D eigenvalue weighted by atomic mass is 9.93. The van der Waals surface area contributed by atoms with Crippen LogP contribution in [-0.4, -0.2) is 31.8 Å². The fourth-order valence-corrected chi connectivity index (χ4v) is 2.52. The number of nitrogens with one attached hydrogen (secondary N) is 1. The minimum absolute atomic E-state index is 0.188. The predicted molar refractivity (Wildman–Crippen MR) is 76.5 cm³/mol. The average molecular weight is 248 g/mol. The Bertz CT molecular complexity index is 407. The van der Waals surface area contributed by atoms with E-state index in [4.69, 9.17) is 4.74 Å². The van der Waals surface area contributed by atoms with Gasteiger partial charge >= 0.3 is 0 Å². The maximum atomic E-state index is 5.49. The molecular weight excluding hydrogens is 224 g/mol. The molecule has 1 N–H and O–H groups in total. The quantitative estimate of drug-likeness (QED) is 0.890. The standard InChI is InChI=1S/C15H24N2O/c1-5-15(3)11-17(12(2)10-16-15)13-8-6-7-9-14(13)18-4/h6-9,12,16H,5,10-11H2,1-4H3. The van der Waals surface area contributed by atoms with Crippen molar-refractivity contribution >= 4 is 5.69 Å². The monoisotopic (exact) mass is 248 g/mol. The first-order chi connectivity index (χ1) is 8.59. The van der Waals surface area contributed by atoms with Gasteiger partial charge in [-0.3, -0.25) is 0 Å². The Morgan fingerprint density at radius 3 is 2.83 bits per heavy atom. The molecule has 1 aliphatic heterocycles. The van der Waals surface area contributed by atoms with Gasteiger partial charge < -0.3 is 15.0 Å². The number of piperazine rings is 1. The first-order valence-corrected chi connectivity index (χ1v) is 6.74. The molecule has 1 aromatic rings. The number of anilines is 1. The molecule has 2 rings (SSSR count). The van der Waals surface area contributed by atoms with Crippen molar-refractivity contribution in [2.75, 3.05) is 25.1 Å². The van der Waals surface area contributed by atoms with Crippen LogP contribution in [0.2, 0.25) is 0 Å². The highest BCUT2D eigenvalue weighted by Crippen LogP contribution is 2.32. The molecule has 0 aromatic heterocycles. The molecule has 1 aliphatic rings. The van der Waals surface area contributed by atoms with Gasteiger partial charge in [-0.2, -0.15) is 0 Å². The van der Waals surface area contributed by atoms with Gasteiger partial charge in [-0.1, -0.05) is 19.1 Å². The maximum Gasteiger partial charge on any atom is 0.142 e. The van der Waals surface area contributed by atoms with E-state index in [9.17, 15) is 0 Å². The summed E-state index contributed by atoms with van der Waals surface area (Å²) in [6.07, 6.45) is 1.13. The highest BCUT2D eigenvalue weighted by Gasteiger charge is 2.33. The summed E-state index contributed by atoms with van der Waals surface area (Å²) in [7, 11) is 1.74. The minimum Gasteiger partial charge on any atom is -0.495 e. The van der Waals surface area contributed by atoms with E-state index in [1.54, 1.807) is 7.11 Å². The Hall–Kier alpha value is -1.22. The molecule has 3 heteroatoms. The van der Waals surface area contributed by atoms with Crippen LogP contribution in [0.1, 0.15) is 27.2 Å². The van der Waals surface area contributed by atoms with Gasteiger partial charge in [0.2, 0.25) is 0 Å². The Morgan fingerprint density at radius 1 is 1.44 bits per heavy atom. The summed E-state index contributed by atoms with van der Waals surface area (Å²) in [5.41, 5.74) is 1.39. The SMILES string of the molecule is CCC1(C)CN(c2ccccc2OC)C(C)CN1. The first-order valence-electron chi connectivity index (χ1n) is 6.74. The molecule has 1 heterocycles. The van der Waals surface area contributed by atoms with Crippen LogP contribution in [0, 0.1) is 0 Å². The Kier molecular flexibility index (Phi) is 3.81. The smallest absolute Gasteiger partial charge is 0.142 e. The number of nitrogens with zero attached hydrogens (tertiary/aromatic N) is 1. The lowest BCUT2D eigenvalue weighted by Gasteiger charge is -2.46. The second-order valence-electron chi connectivity index (χ2n) is 5.44. The molecule has 1 aromatic carbocycles. The number of para-hydroxylation sites is 2. The fourth-order valence-electron chi connectivity index (χ4n) is 2.52. The van der Waals surface area contributed by atoms with E-state index >= 15 is 0 Å². The predicted octanol–water partition coefficient (Wildman–Crippen LogP) is 2.66. The lowest BCUT2D eigenvalue weighted by Crippen LogP contribution is -2.62. The summed E-state index contributed by atoms with van der Waals surface area (Å²) in [6.45, 7) is 8.83. The van der Waals surface area contributed by atoms with Crippen LogP contribution in [0.3, 0.4) is 0 Å². The molecule has 0 bridgehead atoms. The van der Waals surface area contributed by atoms with E-state index in [-0.39, 0.29) is 5.54 Å². The van der Waals surface area contributed by atoms with Gasteiger partial charge in [-0.05, 0) is 32.4 Å². The molecule has 0 spiro atoms. The van der Waals surface area contributed by atoms with Crippen molar-refractivity contribution in [3.63, 3.8) is 0 Å². The second kappa shape index (κ2) is 5.19. The van der Waals surface area contributed by atoms with Gasteiger partial charge in [0.25, 0.3) is 0 Å². The Labute approximate surface area is 110 Å². The number of benzene rings is 1. The maximum absolute atomic E-state index is 5.49. The Balaban J connectivity index is 2.30. The highest BCUT2D eigenvalue weighted by molar-refractivity contribution is 5.59. The average Bonchev–Trinajstić information content (AvgIpc) is 2.42. The second-order valence-corrected chi connectivity index (χ2v) is 5.44. The molecule has 2 unspecified atom stereocenters. The molecule has 1 fully saturated rings. The van der Waals surface area contributed by atoms with E-state index in [0.29, 0.717) is 6.04 Å². The zero-order valence-corrected chi connectivity index (χ0v) is 11.9. The van der Waals surface area contributed by atoms with Gasteiger partial charge in [0.05, 0.1) is 12.8 Å². The fraction of sp³-hybridized carbons (Fsp3) is 0.600. The van der Waals surface area contributed by atoms with Crippen LogP contribution in [0.4, 0.5) is 5.69 Å². The van der Waals surface area contributed by atoms with Crippen molar-refractivity contribution in [1.29, 1.82) is 0 Å². The topological polar surface area (TPSA) is 24.5 Å². The van der Waals surface area contributed by atoms with Crippen LogP contribution in [0.5, 0.6) is 5.75 Å². The van der Waals surface area contributed by atoms with Crippen molar-refractivity contribution < 1.29 is 4.74 Å². The molecule has 1 saturated heterocycles. The molecule has 100 valence electrons. The summed E-state index contributed by atoms with van der Waals surface area (Å²) in [5.74, 6) is 0.963. The zero-order valence-electron chi connectivity index (χ0n) is 11.9. The number of methoxy groups -OCH3 is 1. The van der Waals surface area contributed by atoms with Crippen molar-refractivity contribution in [3.8, 4) is 5.75 Å². The largest absolute Gasteiger partial charge is 0.495 e. The summed E-state index contributed by atoms with van der Waals surface area (Å²) < 4.78 is 5.49. The summed E-state index contributed by atoms with van der Waals surface area (Å²) in [6, 6.07) is 8.77. The molecule has 0 aliphatic carbocycles. The van der Waals surface area contributed by atoms with Crippen LogP contribution < -0.4 is 15.0 Å². The van der Waals surface area contributed by atoms with Crippen LogP contribution in [-0.2, 0) is 0 Å².